The maximum absolute atomic E-state index is 14.0. The second kappa shape index (κ2) is 4.80. The monoisotopic (exact) mass is 274 g/mol. The van der Waals surface area contributed by atoms with E-state index in [1.54, 1.807) is 0 Å². The summed E-state index contributed by atoms with van der Waals surface area (Å²) < 4.78 is 55.7. The smallest absolute Gasteiger partial charge is 0.165 e. The van der Waals surface area contributed by atoms with E-state index >= 15 is 0 Å². The van der Waals surface area contributed by atoms with Crippen LogP contribution in [0.2, 0.25) is 0 Å². The van der Waals surface area contributed by atoms with Crippen molar-refractivity contribution in [3.8, 4) is 0 Å². The lowest BCUT2D eigenvalue weighted by molar-refractivity contribution is 0.156. The summed E-state index contributed by atoms with van der Waals surface area (Å²) >= 11 is 0. The van der Waals surface area contributed by atoms with Gasteiger partial charge in [0.05, 0.1) is 0 Å². The van der Waals surface area contributed by atoms with Crippen LogP contribution in [-0.2, 0) is 6.42 Å². The first-order chi connectivity index (χ1) is 8.77. The molecule has 106 valence electrons. The van der Waals surface area contributed by atoms with Gasteiger partial charge in [0.25, 0.3) is 0 Å². The summed E-state index contributed by atoms with van der Waals surface area (Å²) in [5, 5.41) is 0. The van der Waals surface area contributed by atoms with Gasteiger partial charge in [-0.25, -0.2) is 17.6 Å². The maximum Gasteiger partial charge on any atom is 0.165 e. The molecule has 1 saturated carbocycles. The fourth-order valence-corrected chi connectivity index (χ4v) is 2.74. The van der Waals surface area contributed by atoms with Crippen LogP contribution in [0, 0.1) is 28.7 Å². The molecule has 0 saturated heterocycles. The van der Waals surface area contributed by atoms with Crippen molar-refractivity contribution < 1.29 is 17.6 Å². The third kappa shape index (κ3) is 2.37. The summed E-state index contributed by atoms with van der Waals surface area (Å²) in [6.07, 6.45) is 2.72. The molecule has 0 radical (unpaired) electrons. The van der Waals surface area contributed by atoms with E-state index < -0.39 is 40.3 Å². The first-order valence-electron chi connectivity index (χ1n) is 6.61. The van der Waals surface area contributed by atoms with E-state index in [0.29, 0.717) is 0 Å². The van der Waals surface area contributed by atoms with Gasteiger partial charge in [0, 0.05) is 11.1 Å². The molecule has 1 aromatic carbocycles. The minimum absolute atomic E-state index is 0.0525. The molecule has 0 spiro atoms. The fourth-order valence-electron chi connectivity index (χ4n) is 2.74. The highest BCUT2D eigenvalue weighted by Gasteiger charge is 2.36. The summed E-state index contributed by atoms with van der Waals surface area (Å²) in [5.41, 5.74) is -1.18. The highest BCUT2D eigenvalue weighted by Crippen LogP contribution is 2.44. The minimum Gasteiger partial charge on any atom is -0.203 e. The largest absolute Gasteiger partial charge is 0.203 e. The summed E-state index contributed by atoms with van der Waals surface area (Å²) in [4.78, 5) is 0. The van der Waals surface area contributed by atoms with Crippen LogP contribution in [-0.4, -0.2) is 0 Å². The SMILES string of the molecule is CC(C)c1c(F)c(F)c(CC2(C)CCC2)c(F)c1F. The van der Waals surface area contributed by atoms with Gasteiger partial charge in [-0.15, -0.1) is 0 Å². The third-order valence-corrected chi connectivity index (χ3v) is 4.13. The zero-order valence-corrected chi connectivity index (χ0v) is 11.4. The van der Waals surface area contributed by atoms with E-state index in [1.807, 2.05) is 6.92 Å². The molecule has 1 aromatic rings. The third-order valence-electron chi connectivity index (χ3n) is 4.13. The summed E-state index contributed by atoms with van der Waals surface area (Å²) in [7, 11) is 0. The Balaban J connectivity index is 2.50. The Morgan fingerprint density at radius 1 is 0.947 bits per heavy atom. The van der Waals surface area contributed by atoms with Gasteiger partial charge in [0.2, 0.25) is 0 Å². The Morgan fingerprint density at radius 3 is 1.74 bits per heavy atom. The van der Waals surface area contributed by atoms with Gasteiger partial charge in [-0.1, -0.05) is 27.2 Å². The Morgan fingerprint density at radius 2 is 1.42 bits per heavy atom. The van der Waals surface area contributed by atoms with Crippen molar-refractivity contribution in [3.63, 3.8) is 0 Å². The van der Waals surface area contributed by atoms with Gasteiger partial charge >= 0.3 is 0 Å². The topological polar surface area (TPSA) is 0 Å². The second-order valence-electron chi connectivity index (χ2n) is 6.14. The molecule has 0 nitrogen and oxygen atoms in total. The van der Waals surface area contributed by atoms with E-state index in [-0.39, 0.29) is 11.8 Å². The zero-order valence-electron chi connectivity index (χ0n) is 11.4. The average molecular weight is 274 g/mol. The molecular formula is C15H18F4. The highest BCUT2D eigenvalue weighted by molar-refractivity contribution is 5.32. The number of rotatable bonds is 3. The second-order valence-corrected chi connectivity index (χ2v) is 6.14. The number of halogens is 4. The molecule has 4 heteroatoms. The standard InChI is InChI=1S/C15H18F4/c1-8(2)10-13(18)11(16)9(12(17)14(10)19)7-15(3)5-4-6-15/h8H,4-7H2,1-3H3. The van der Waals surface area contributed by atoms with Crippen molar-refractivity contribution in [2.24, 2.45) is 5.41 Å². The molecule has 0 N–H and O–H groups in total. The number of hydrogen-bond donors (Lipinski definition) is 0. The molecule has 2 rings (SSSR count). The minimum atomic E-state index is -1.24. The molecule has 0 atom stereocenters. The van der Waals surface area contributed by atoms with Crippen LogP contribution in [0.3, 0.4) is 0 Å². The van der Waals surface area contributed by atoms with E-state index in [0.717, 1.165) is 19.3 Å². The predicted octanol–water partition coefficient (Wildman–Crippen LogP) is 5.10. The summed E-state index contributed by atoms with van der Waals surface area (Å²) in [6, 6.07) is 0. The lowest BCUT2D eigenvalue weighted by atomic mass is 9.67. The van der Waals surface area contributed by atoms with E-state index in [4.69, 9.17) is 0 Å². The van der Waals surface area contributed by atoms with Gasteiger partial charge in [-0.3, -0.25) is 0 Å². The first-order valence-corrected chi connectivity index (χ1v) is 6.61. The van der Waals surface area contributed by atoms with E-state index in [2.05, 4.69) is 0 Å². The Labute approximate surface area is 110 Å². The molecular weight excluding hydrogens is 256 g/mol. The lowest BCUT2D eigenvalue weighted by Gasteiger charge is -2.38. The van der Waals surface area contributed by atoms with Crippen molar-refractivity contribution in [2.75, 3.05) is 0 Å². The summed E-state index contributed by atoms with van der Waals surface area (Å²) in [6.45, 7) is 4.90. The lowest BCUT2D eigenvalue weighted by Crippen LogP contribution is -2.29. The van der Waals surface area contributed by atoms with Gasteiger partial charge in [-0.2, -0.15) is 0 Å². The van der Waals surface area contributed by atoms with Crippen molar-refractivity contribution in [1.29, 1.82) is 0 Å². The molecule has 1 fully saturated rings. The molecule has 0 bridgehead atoms. The van der Waals surface area contributed by atoms with Gasteiger partial charge in [-0.05, 0) is 30.6 Å². The predicted molar refractivity (Wildman–Crippen MR) is 66.0 cm³/mol. The van der Waals surface area contributed by atoms with Gasteiger partial charge < -0.3 is 0 Å². The Hall–Kier alpha value is -1.06. The molecule has 0 aliphatic heterocycles. The van der Waals surface area contributed by atoms with Crippen LogP contribution in [0.25, 0.3) is 0 Å². The van der Waals surface area contributed by atoms with Crippen LogP contribution in [0.15, 0.2) is 0 Å². The van der Waals surface area contributed by atoms with Crippen LogP contribution < -0.4 is 0 Å². The van der Waals surface area contributed by atoms with Crippen molar-refractivity contribution in [2.45, 2.75) is 52.4 Å². The zero-order chi connectivity index (χ0) is 14.4. The number of benzene rings is 1. The quantitative estimate of drug-likeness (QED) is 0.531. The van der Waals surface area contributed by atoms with E-state index in [9.17, 15) is 17.6 Å². The van der Waals surface area contributed by atoms with Gasteiger partial charge in [0.1, 0.15) is 0 Å². The molecule has 19 heavy (non-hydrogen) atoms. The molecule has 0 aromatic heterocycles. The summed E-state index contributed by atoms with van der Waals surface area (Å²) in [5.74, 6) is -5.54. The molecule has 0 unspecified atom stereocenters. The Bertz CT molecular complexity index is 472. The van der Waals surface area contributed by atoms with Gasteiger partial charge in [0.15, 0.2) is 23.3 Å². The number of hydrogen-bond acceptors (Lipinski definition) is 0. The molecule has 1 aliphatic rings. The van der Waals surface area contributed by atoms with Crippen molar-refractivity contribution >= 4 is 0 Å². The highest BCUT2D eigenvalue weighted by atomic mass is 19.2. The van der Waals surface area contributed by atoms with Crippen LogP contribution in [0.4, 0.5) is 17.6 Å². The van der Waals surface area contributed by atoms with Crippen LogP contribution in [0.1, 0.15) is 57.1 Å². The maximum atomic E-state index is 14.0. The molecule has 0 heterocycles. The van der Waals surface area contributed by atoms with Crippen LogP contribution >= 0.6 is 0 Å². The van der Waals surface area contributed by atoms with E-state index in [1.165, 1.54) is 13.8 Å². The molecule has 1 aliphatic carbocycles. The fraction of sp³-hybridized carbons (Fsp3) is 0.600. The van der Waals surface area contributed by atoms with Crippen molar-refractivity contribution in [1.82, 2.24) is 0 Å². The first kappa shape index (κ1) is 14.4. The van der Waals surface area contributed by atoms with Crippen molar-refractivity contribution in [3.05, 3.63) is 34.4 Å². The van der Waals surface area contributed by atoms with Crippen LogP contribution in [0.5, 0.6) is 0 Å². The normalized spacial score (nSPS) is 17.7. The Kier molecular flexibility index (Phi) is 3.63. The average Bonchev–Trinajstić information content (AvgIpc) is 2.30. The molecule has 0 amide bonds.